The van der Waals surface area contributed by atoms with E-state index in [4.69, 9.17) is 23.2 Å². The first-order valence-corrected chi connectivity index (χ1v) is 12.9. The number of carbonyl (C=O) groups is 2. The summed E-state index contributed by atoms with van der Waals surface area (Å²) in [7, 11) is 0. The molecule has 3 aromatic rings. The van der Waals surface area contributed by atoms with Gasteiger partial charge in [-0.1, -0.05) is 29.3 Å². The molecule has 0 fully saturated rings. The number of aromatic nitrogens is 3. The van der Waals surface area contributed by atoms with E-state index in [-0.39, 0.29) is 48.3 Å². The molecule has 1 unspecified atom stereocenters. The van der Waals surface area contributed by atoms with Crippen molar-refractivity contribution in [2.24, 2.45) is 0 Å². The molecule has 0 saturated heterocycles. The Kier molecular flexibility index (Phi) is 7.15. The molecule has 8 nitrogen and oxygen atoms in total. The maximum atomic E-state index is 13.8. The van der Waals surface area contributed by atoms with Crippen LogP contribution in [-0.4, -0.2) is 60.7 Å². The first kappa shape index (κ1) is 26.5. The Morgan fingerprint density at radius 1 is 1.21 bits per heavy atom. The van der Waals surface area contributed by atoms with Crippen LogP contribution in [0.25, 0.3) is 0 Å². The molecule has 0 saturated carbocycles. The van der Waals surface area contributed by atoms with E-state index < -0.39 is 18.5 Å². The van der Waals surface area contributed by atoms with E-state index in [0.29, 0.717) is 39.5 Å². The van der Waals surface area contributed by atoms with Crippen LogP contribution in [0, 0.1) is 0 Å². The first-order chi connectivity index (χ1) is 18.1. The quantitative estimate of drug-likeness (QED) is 0.478. The third-order valence-corrected chi connectivity index (χ3v) is 8.02. The van der Waals surface area contributed by atoms with Crippen molar-refractivity contribution in [1.29, 1.82) is 0 Å². The van der Waals surface area contributed by atoms with Gasteiger partial charge in [-0.15, -0.1) is 0 Å². The molecule has 2 aromatic heterocycles. The number of aliphatic hydroxyl groups excluding tert-OH is 1. The maximum Gasteiger partial charge on any atom is 0.280 e. The van der Waals surface area contributed by atoms with Crippen LogP contribution in [0.1, 0.15) is 75.7 Å². The van der Waals surface area contributed by atoms with Gasteiger partial charge in [-0.3, -0.25) is 19.3 Å². The summed E-state index contributed by atoms with van der Waals surface area (Å²) in [5.41, 5.74) is 2.27. The summed E-state index contributed by atoms with van der Waals surface area (Å²) in [6, 6.07) is 6.27. The summed E-state index contributed by atoms with van der Waals surface area (Å²) in [5.74, 6) is -0.565. The van der Waals surface area contributed by atoms with Crippen LogP contribution < -0.4 is 0 Å². The number of carbonyl (C=O) groups excluding carboxylic acids is 2. The van der Waals surface area contributed by atoms with E-state index in [1.807, 2.05) is 6.92 Å². The zero-order valence-electron chi connectivity index (χ0n) is 20.6. The Balaban J connectivity index is 1.48. The molecule has 0 bridgehead atoms. The van der Waals surface area contributed by atoms with Gasteiger partial charge in [-0.05, 0) is 43.7 Å². The second-order valence-corrected chi connectivity index (χ2v) is 10.4. The van der Waals surface area contributed by atoms with E-state index in [1.165, 1.54) is 24.4 Å². The molecule has 2 amide bonds. The van der Waals surface area contributed by atoms with Crippen molar-refractivity contribution in [1.82, 2.24) is 24.6 Å². The number of benzene rings is 1. The van der Waals surface area contributed by atoms with Crippen molar-refractivity contribution in [3.63, 3.8) is 0 Å². The summed E-state index contributed by atoms with van der Waals surface area (Å²) in [6.07, 6.45) is -0.913. The number of aliphatic hydroxyl groups is 1. The van der Waals surface area contributed by atoms with Crippen LogP contribution >= 0.6 is 23.2 Å². The number of hydrogen-bond donors (Lipinski definition) is 1. The van der Waals surface area contributed by atoms with E-state index in [9.17, 15) is 23.5 Å². The van der Waals surface area contributed by atoms with E-state index in [2.05, 4.69) is 10.1 Å². The minimum atomic E-state index is -2.69. The normalized spacial score (nSPS) is 19.9. The number of rotatable bonds is 5. The van der Waals surface area contributed by atoms with E-state index in [0.717, 1.165) is 0 Å². The maximum absolute atomic E-state index is 13.8. The molecule has 2 aliphatic heterocycles. The summed E-state index contributed by atoms with van der Waals surface area (Å²) in [4.78, 5) is 34.3. The van der Waals surface area contributed by atoms with Gasteiger partial charge in [0.05, 0.1) is 41.0 Å². The van der Waals surface area contributed by atoms with Gasteiger partial charge in [-0.2, -0.15) is 5.10 Å². The molecule has 0 aliphatic carbocycles. The third-order valence-electron chi connectivity index (χ3n) is 7.28. The zero-order chi connectivity index (χ0) is 27.3. The SMILES string of the molecule is CC(c1ccc(C(F)F)nc1)N1C[C@@H](CO)n2nc3c(c2C1=O)CN(C(=O)c1ccc(Cl)c(Cl)c1)[C@H](C)C3. The Morgan fingerprint density at radius 3 is 2.61 bits per heavy atom. The lowest BCUT2D eigenvalue weighted by Crippen LogP contribution is -2.46. The minimum Gasteiger partial charge on any atom is -0.394 e. The average molecular weight is 564 g/mol. The van der Waals surface area contributed by atoms with Crippen molar-refractivity contribution < 1.29 is 23.5 Å². The molecule has 200 valence electrons. The lowest BCUT2D eigenvalue weighted by molar-refractivity contribution is 0.0513. The van der Waals surface area contributed by atoms with Crippen molar-refractivity contribution in [3.05, 3.63) is 80.3 Å². The molecular weight excluding hydrogens is 539 g/mol. The highest BCUT2D eigenvalue weighted by Gasteiger charge is 2.41. The molecule has 0 spiro atoms. The number of amides is 2. The monoisotopic (exact) mass is 563 g/mol. The van der Waals surface area contributed by atoms with Gasteiger partial charge in [0, 0.05) is 36.3 Å². The largest absolute Gasteiger partial charge is 0.394 e. The van der Waals surface area contributed by atoms with Crippen LogP contribution in [-0.2, 0) is 13.0 Å². The van der Waals surface area contributed by atoms with Crippen molar-refractivity contribution in [2.45, 2.75) is 51.4 Å². The molecule has 5 rings (SSSR count). The fraction of sp³-hybridized carbons (Fsp3) is 0.385. The predicted octanol–water partition coefficient (Wildman–Crippen LogP) is 4.86. The van der Waals surface area contributed by atoms with Gasteiger partial charge in [-0.25, -0.2) is 8.78 Å². The summed E-state index contributed by atoms with van der Waals surface area (Å²) in [5, 5.41) is 15.4. The van der Waals surface area contributed by atoms with Crippen LogP contribution in [0.4, 0.5) is 8.78 Å². The minimum absolute atomic E-state index is 0.154. The van der Waals surface area contributed by atoms with Gasteiger partial charge in [0.1, 0.15) is 11.4 Å². The molecule has 4 heterocycles. The summed E-state index contributed by atoms with van der Waals surface area (Å²) in [6.45, 7) is 3.77. The van der Waals surface area contributed by atoms with Gasteiger partial charge in [0.25, 0.3) is 18.2 Å². The van der Waals surface area contributed by atoms with Crippen molar-refractivity contribution in [2.75, 3.05) is 13.2 Å². The van der Waals surface area contributed by atoms with Crippen LogP contribution in [0.2, 0.25) is 10.0 Å². The topological polar surface area (TPSA) is 91.6 Å². The smallest absolute Gasteiger partial charge is 0.280 e. The van der Waals surface area contributed by atoms with Gasteiger partial charge >= 0.3 is 0 Å². The van der Waals surface area contributed by atoms with Gasteiger partial charge < -0.3 is 14.9 Å². The highest BCUT2D eigenvalue weighted by molar-refractivity contribution is 6.42. The van der Waals surface area contributed by atoms with Crippen LogP contribution in [0.15, 0.2) is 36.5 Å². The molecule has 2 aliphatic rings. The molecule has 0 radical (unpaired) electrons. The number of halogens is 4. The Hall–Kier alpha value is -3.08. The van der Waals surface area contributed by atoms with Crippen LogP contribution in [0.3, 0.4) is 0 Å². The fourth-order valence-electron chi connectivity index (χ4n) is 5.09. The van der Waals surface area contributed by atoms with E-state index >= 15 is 0 Å². The second kappa shape index (κ2) is 10.2. The van der Waals surface area contributed by atoms with Crippen molar-refractivity contribution in [3.8, 4) is 0 Å². The second-order valence-electron chi connectivity index (χ2n) is 9.62. The van der Waals surface area contributed by atoms with Gasteiger partial charge in [0.2, 0.25) is 0 Å². The number of alkyl halides is 2. The molecule has 1 aromatic carbocycles. The molecule has 3 atom stereocenters. The Bertz CT molecular complexity index is 1400. The summed E-state index contributed by atoms with van der Waals surface area (Å²) < 4.78 is 27.5. The highest BCUT2D eigenvalue weighted by Crippen LogP contribution is 2.35. The third kappa shape index (κ3) is 4.54. The standard InChI is InChI=1S/C26H25Cl2F2N5O3/c1-13-7-22-18(11-33(13)25(37)15-3-5-19(27)20(28)8-15)23-26(38)34(10-17(12-36)35(23)32-22)14(2)16-4-6-21(24(29)30)31-9-16/h3-6,8-9,13-14,17,24,36H,7,10-12H2,1-2H3/t13-,14?,17+/m1/s1. The van der Waals surface area contributed by atoms with Gasteiger partial charge in [0.15, 0.2) is 0 Å². The average Bonchev–Trinajstić information content (AvgIpc) is 3.28. The highest BCUT2D eigenvalue weighted by atomic mass is 35.5. The molecular formula is C26H25Cl2F2N5O3. The molecule has 12 heteroatoms. The van der Waals surface area contributed by atoms with Crippen LogP contribution in [0.5, 0.6) is 0 Å². The zero-order valence-corrected chi connectivity index (χ0v) is 22.1. The number of nitrogens with zero attached hydrogens (tertiary/aromatic N) is 5. The first-order valence-electron chi connectivity index (χ1n) is 12.1. The predicted molar refractivity (Wildman–Crippen MR) is 136 cm³/mol. The van der Waals surface area contributed by atoms with E-state index in [1.54, 1.807) is 33.5 Å². The number of pyridine rings is 1. The molecule has 38 heavy (non-hydrogen) atoms. The number of fused-ring (bicyclic) bond motifs is 3. The van der Waals surface area contributed by atoms with Crippen molar-refractivity contribution >= 4 is 35.0 Å². The Labute approximate surface area is 227 Å². The fourth-order valence-corrected chi connectivity index (χ4v) is 5.38. The molecule has 1 N–H and O–H groups in total. The number of hydrogen-bond acceptors (Lipinski definition) is 5. The summed E-state index contributed by atoms with van der Waals surface area (Å²) >= 11 is 12.1. The Morgan fingerprint density at radius 2 is 1.97 bits per heavy atom. The lowest BCUT2D eigenvalue weighted by atomic mass is 9.96. The lowest BCUT2D eigenvalue weighted by Gasteiger charge is -2.38.